The maximum atomic E-state index is 11.8. The molecule has 0 bridgehead atoms. The Morgan fingerprint density at radius 2 is 1.75 bits per heavy atom. The van der Waals surface area contributed by atoms with Crippen LogP contribution in [0.2, 0.25) is 0 Å². The maximum absolute atomic E-state index is 11.8. The highest BCUT2D eigenvalue weighted by molar-refractivity contribution is 5.92. The molecular weight excluding hydrogens is 258 g/mol. The first-order valence-corrected chi connectivity index (χ1v) is 6.43. The van der Waals surface area contributed by atoms with Gasteiger partial charge in [0.25, 0.3) is 5.69 Å². The van der Waals surface area contributed by atoms with Crippen LogP contribution in [-0.4, -0.2) is 41.9 Å². The smallest absolute Gasteiger partial charge is 0.269 e. The molecule has 0 spiro atoms. The summed E-state index contributed by atoms with van der Waals surface area (Å²) in [7, 11) is 0. The fourth-order valence-electron chi connectivity index (χ4n) is 2.22. The highest BCUT2D eigenvalue weighted by Crippen LogP contribution is 2.20. The Bertz CT molecular complexity index is 531. The van der Waals surface area contributed by atoms with E-state index >= 15 is 0 Å². The van der Waals surface area contributed by atoms with Crippen LogP contribution < -0.4 is 4.90 Å². The number of non-ortho nitro benzene ring substituents is 1. The van der Waals surface area contributed by atoms with Gasteiger partial charge in [-0.25, -0.2) is 0 Å². The van der Waals surface area contributed by atoms with Crippen molar-refractivity contribution in [2.24, 2.45) is 0 Å². The highest BCUT2D eigenvalue weighted by Gasteiger charge is 2.21. The van der Waals surface area contributed by atoms with Gasteiger partial charge in [0.1, 0.15) is 0 Å². The Morgan fingerprint density at radius 3 is 2.20 bits per heavy atom. The van der Waals surface area contributed by atoms with Crippen LogP contribution in [-0.2, 0) is 4.79 Å². The topological polar surface area (TPSA) is 66.7 Å². The monoisotopic (exact) mass is 275 g/mol. The van der Waals surface area contributed by atoms with Crippen molar-refractivity contribution in [3.63, 3.8) is 0 Å². The van der Waals surface area contributed by atoms with Crippen LogP contribution in [0.15, 0.2) is 36.4 Å². The minimum Gasteiger partial charge on any atom is -0.368 e. The van der Waals surface area contributed by atoms with E-state index in [1.54, 1.807) is 24.0 Å². The molecule has 106 valence electrons. The van der Waals surface area contributed by atoms with E-state index in [2.05, 4.69) is 11.5 Å². The molecule has 0 radical (unpaired) electrons. The molecule has 0 aromatic heterocycles. The first-order valence-electron chi connectivity index (χ1n) is 6.43. The number of carbonyl (C=O) groups is 1. The zero-order valence-electron chi connectivity index (χ0n) is 11.4. The molecule has 1 heterocycles. The summed E-state index contributed by atoms with van der Waals surface area (Å²) in [6.45, 7) is 8.10. The summed E-state index contributed by atoms with van der Waals surface area (Å²) in [6.07, 6.45) is 0. The van der Waals surface area contributed by atoms with Crippen LogP contribution in [0.25, 0.3) is 0 Å². The predicted octanol–water partition coefficient (Wildman–Crippen LogP) is 1.82. The number of benzene rings is 1. The average Bonchev–Trinajstić information content (AvgIpc) is 2.46. The zero-order valence-corrected chi connectivity index (χ0v) is 11.4. The summed E-state index contributed by atoms with van der Waals surface area (Å²) in [6, 6.07) is 6.49. The molecule has 1 saturated heterocycles. The number of nitro groups is 1. The third-order valence-corrected chi connectivity index (χ3v) is 3.36. The summed E-state index contributed by atoms with van der Waals surface area (Å²) < 4.78 is 0. The lowest BCUT2D eigenvalue weighted by molar-refractivity contribution is -0.384. The lowest BCUT2D eigenvalue weighted by Crippen LogP contribution is -2.48. The van der Waals surface area contributed by atoms with Gasteiger partial charge in [-0.2, -0.15) is 0 Å². The summed E-state index contributed by atoms with van der Waals surface area (Å²) in [4.78, 5) is 25.9. The van der Waals surface area contributed by atoms with Gasteiger partial charge < -0.3 is 9.80 Å². The molecule has 20 heavy (non-hydrogen) atoms. The van der Waals surface area contributed by atoms with Gasteiger partial charge in [0.05, 0.1) is 4.92 Å². The van der Waals surface area contributed by atoms with Crippen LogP contribution in [0, 0.1) is 10.1 Å². The molecule has 0 aliphatic carbocycles. The number of anilines is 1. The van der Waals surface area contributed by atoms with Crippen LogP contribution in [0.3, 0.4) is 0 Å². The van der Waals surface area contributed by atoms with Crippen LogP contribution >= 0.6 is 0 Å². The third kappa shape index (κ3) is 2.96. The second kappa shape index (κ2) is 5.73. The van der Waals surface area contributed by atoms with Crippen molar-refractivity contribution in [1.29, 1.82) is 0 Å². The van der Waals surface area contributed by atoms with E-state index in [9.17, 15) is 14.9 Å². The third-order valence-electron chi connectivity index (χ3n) is 3.36. The Hall–Kier alpha value is -2.37. The number of rotatable bonds is 3. The van der Waals surface area contributed by atoms with Crippen molar-refractivity contribution in [3.05, 3.63) is 46.5 Å². The maximum Gasteiger partial charge on any atom is 0.269 e. The number of nitro benzene ring substituents is 1. The Morgan fingerprint density at radius 1 is 1.20 bits per heavy atom. The van der Waals surface area contributed by atoms with Crippen molar-refractivity contribution >= 4 is 17.3 Å². The van der Waals surface area contributed by atoms with E-state index in [1.807, 2.05) is 0 Å². The molecule has 0 saturated carbocycles. The van der Waals surface area contributed by atoms with E-state index in [0.29, 0.717) is 18.7 Å². The molecule has 1 fully saturated rings. The molecule has 0 N–H and O–H groups in total. The molecule has 1 aliphatic heterocycles. The van der Waals surface area contributed by atoms with Crippen molar-refractivity contribution in [1.82, 2.24) is 4.90 Å². The minimum absolute atomic E-state index is 0.00616. The minimum atomic E-state index is -0.409. The van der Waals surface area contributed by atoms with Gasteiger partial charge in [-0.3, -0.25) is 14.9 Å². The Balaban J connectivity index is 1.98. The molecule has 1 aromatic carbocycles. The van der Waals surface area contributed by atoms with Gasteiger partial charge in [-0.1, -0.05) is 6.58 Å². The van der Waals surface area contributed by atoms with E-state index in [0.717, 1.165) is 18.8 Å². The molecule has 0 atom stereocenters. The SMILES string of the molecule is C=C(C)C(=O)N1CCN(c2ccc([N+](=O)[O-])cc2)CC1. The first kappa shape index (κ1) is 14.0. The lowest BCUT2D eigenvalue weighted by Gasteiger charge is -2.36. The van der Waals surface area contributed by atoms with Gasteiger partial charge in [0.15, 0.2) is 0 Å². The van der Waals surface area contributed by atoms with Crippen LogP contribution in [0.4, 0.5) is 11.4 Å². The molecule has 6 heteroatoms. The molecule has 1 aliphatic rings. The van der Waals surface area contributed by atoms with Gasteiger partial charge in [0.2, 0.25) is 5.91 Å². The van der Waals surface area contributed by atoms with E-state index in [1.165, 1.54) is 12.1 Å². The molecule has 2 rings (SSSR count). The lowest BCUT2D eigenvalue weighted by atomic mass is 10.2. The van der Waals surface area contributed by atoms with Gasteiger partial charge in [-0.15, -0.1) is 0 Å². The largest absolute Gasteiger partial charge is 0.368 e. The number of hydrogen-bond donors (Lipinski definition) is 0. The number of hydrogen-bond acceptors (Lipinski definition) is 4. The summed E-state index contributed by atoms with van der Waals surface area (Å²) in [5.74, 6) is -0.00616. The number of piperazine rings is 1. The van der Waals surface area contributed by atoms with Crippen molar-refractivity contribution in [2.45, 2.75) is 6.92 Å². The average molecular weight is 275 g/mol. The normalized spacial score (nSPS) is 15.1. The fourth-order valence-corrected chi connectivity index (χ4v) is 2.22. The van der Waals surface area contributed by atoms with Crippen LogP contribution in [0.1, 0.15) is 6.92 Å². The van der Waals surface area contributed by atoms with Gasteiger partial charge in [0, 0.05) is 49.6 Å². The molecule has 1 amide bonds. The fraction of sp³-hybridized carbons (Fsp3) is 0.357. The highest BCUT2D eigenvalue weighted by atomic mass is 16.6. The van der Waals surface area contributed by atoms with E-state index in [4.69, 9.17) is 0 Å². The van der Waals surface area contributed by atoms with Gasteiger partial charge in [-0.05, 0) is 19.1 Å². The summed E-state index contributed by atoms with van der Waals surface area (Å²) in [5.41, 5.74) is 1.58. The van der Waals surface area contributed by atoms with E-state index in [-0.39, 0.29) is 11.6 Å². The second-order valence-electron chi connectivity index (χ2n) is 4.83. The quantitative estimate of drug-likeness (QED) is 0.479. The van der Waals surface area contributed by atoms with Crippen molar-refractivity contribution in [3.8, 4) is 0 Å². The Kier molecular flexibility index (Phi) is 4.02. The molecule has 1 aromatic rings. The molecular formula is C14H17N3O3. The van der Waals surface area contributed by atoms with Crippen molar-refractivity contribution < 1.29 is 9.72 Å². The Labute approximate surface area is 117 Å². The standard InChI is InChI=1S/C14H17N3O3/c1-11(2)14(18)16-9-7-15(8-10-16)12-3-5-13(6-4-12)17(19)20/h3-6H,1,7-10H2,2H3. The predicted molar refractivity (Wildman–Crippen MR) is 76.7 cm³/mol. The molecule has 0 unspecified atom stereocenters. The second-order valence-corrected chi connectivity index (χ2v) is 4.83. The van der Waals surface area contributed by atoms with Crippen LogP contribution in [0.5, 0.6) is 0 Å². The summed E-state index contributed by atoms with van der Waals surface area (Å²) in [5, 5.41) is 10.6. The number of amides is 1. The number of nitrogens with zero attached hydrogens (tertiary/aromatic N) is 3. The number of carbonyl (C=O) groups excluding carboxylic acids is 1. The van der Waals surface area contributed by atoms with Crippen molar-refractivity contribution in [2.75, 3.05) is 31.1 Å². The molecule has 6 nitrogen and oxygen atoms in total. The van der Waals surface area contributed by atoms with E-state index < -0.39 is 4.92 Å². The zero-order chi connectivity index (χ0) is 14.7. The first-order chi connectivity index (χ1) is 9.49. The summed E-state index contributed by atoms with van der Waals surface area (Å²) >= 11 is 0. The van der Waals surface area contributed by atoms with Gasteiger partial charge >= 0.3 is 0 Å².